The second kappa shape index (κ2) is 5.92. The Bertz CT molecular complexity index is 639. The second-order valence-corrected chi connectivity index (χ2v) is 5.51. The summed E-state index contributed by atoms with van der Waals surface area (Å²) in [4.78, 5) is 8.29. The Kier molecular flexibility index (Phi) is 4.37. The van der Waals surface area contributed by atoms with Crippen LogP contribution in [0.3, 0.4) is 0 Å². The zero-order valence-electron chi connectivity index (χ0n) is 12.1. The van der Waals surface area contributed by atoms with Gasteiger partial charge < -0.3 is 10.4 Å². The van der Waals surface area contributed by atoms with E-state index in [0.29, 0.717) is 17.2 Å². The molecule has 0 aliphatic heterocycles. The van der Waals surface area contributed by atoms with E-state index >= 15 is 0 Å². The smallest absolute Gasteiger partial charge is 0.394 e. The van der Waals surface area contributed by atoms with Crippen LogP contribution in [-0.2, 0) is 6.18 Å². The summed E-state index contributed by atoms with van der Waals surface area (Å²) in [6, 6.07) is 6.38. The van der Waals surface area contributed by atoms with E-state index in [2.05, 4.69) is 15.3 Å². The third-order valence-corrected chi connectivity index (χ3v) is 3.01. The predicted molar refractivity (Wildman–Crippen MR) is 77.3 cm³/mol. The van der Waals surface area contributed by atoms with Gasteiger partial charge >= 0.3 is 6.18 Å². The molecule has 0 bridgehead atoms. The van der Waals surface area contributed by atoms with Gasteiger partial charge in [-0.15, -0.1) is 0 Å². The van der Waals surface area contributed by atoms with Crippen molar-refractivity contribution in [3.8, 4) is 11.3 Å². The van der Waals surface area contributed by atoms with E-state index in [1.807, 2.05) is 0 Å². The highest BCUT2D eigenvalue weighted by molar-refractivity contribution is 5.60. The highest BCUT2D eigenvalue weighted by Gasteiger charge is 2.30. The van der Waals surface area contributed by atoms with E-state index in [1.54, 1.807) is 19.9 Å². The van der Waals surface area contributed by atoms with Gasteiger partial charge in [0.2, 0.25) is 5.95 Å². The molecule has 0 atom stereocenters. The summed E-state index contributed by atoms with van der Waals surface area (Å²) in [5.41, 5.74) is -0.246. The number of benzene rings is 1. The summed E-state index contributed by atoms with van der Waals surface area (Å²) >= 11 is 0. The van der Waals surface area contributed by atoms with E-state index < -0.39 is 17.3 Å². The molecule has 0 fully saturated rings. The maximum atomic E-state index is 12.6. The molecule has 0 aliphatic rings. The Morgan fingerprint density at radius 2 is 1.73 bits per heavy atom. The van der Waals surface area contributed by atoms with Crippen molar-refractivity contribution in [1.29, 1.82) is 0 Å². The molecule has 0 spiro atoms. The first kappa shape index (κ1) is 16.2. The molecule has 1 aromatic carbocycles. The van der Waals surface area contributed by atoms with Gasteiger partial charge in [0.25, 0.3) is 0 Å². The van der Waals surface area contributed by atoms with Crippen molar-refractivity contribution in [3.63, 3.8) is 0 Å². The van der Waals surface area contributed by atoms with Crippen molar-refractivity contribution in [3.05, 3.63) is 42.1 Å². The quantitative estimate of drug-likeness (QED) is 0.909. The van der Waals surface area contributed by atoms with Crippen LogP contribution >= 0.6 is 0 Å². The number of aliphatic hydroxyl groups excluding tert-OH is 1. The molecule has 1 aromatic heterocycles. The lowest BCUT2D eigenvalue weighted by Gasteiger charge is -2.23. The highest BCUT2D eigenvalue weighted by atomic mass is 19.4. The summed E-state index contributed by atoms with van der Waals surface area (Å²) in [7, 11) is 0. The number of alkyl halides is 3. The summed E-state index contributed by atoms with van der Waals surface area (Å²) in [6.07, 6.45) is -2.85. The van der Waals surface area contributed by atoms with Gasteiger partial charge in [-0.2, -0.15) is 13.2 Å². The largest absolute Gasteiger partial charge is 0.416 e. The van der Waals surface area contributed by atoms with Crippen LogP contribution in [0, 0.1) is 0 Å². The van der Waals surface area contributed by atoms with Gasteiger partial charge in [0.1, 0.15) is 0 Å². The van der Waals surface area contributed by atoms with Crippen molar-refractivity contribution in [2.75, 3.05) is 11.9 Å². The summed E-state index contributed by atoms with van der Waals surface area (Å²) in [5, 5.41) is 12.2. The van der Waals surface area contributed by atoms with Crippen LogP contribution in [0.5, 0.6) is 0 Å². The maximum absolute atomic E-state index is 12.6. The molecular weight excluding hydrogens is 295 g/mol. The van der Waals surface area contributed by atoms with Gasteiger partial charge in [-0.25, -0.2) is 9.97 Å². The zero-order chi connectivity index (χ0) is 16.4. The molecule has 0 saturated carbocycles. The Balaban J connectivity index is 2.26. The summed E-state index contributed by atoms with van der Waals surface area (Å²) < 4.78 is 37.7. The van der Waals surface area contributed by atoms with Crippen molar-refractivity contribution in [2.24, 2.45) is 0 Å². The molecule has 0 amide bonds. The molecule has 2 rings (SSSR count). The number of hydrogen-bond acceptors (Lipinski definition) is 4. The monoisotopic (exact) mass is 311 g/mol. The minimum atomic E-state index is -4.36. The molecule has 0 aliphatic carbocycles. The van der Waals surface area contributed by atoms with Gasteiger partial charge in [0, 0.05) is 11.8 Å². The van der Waals surface area contributed by atoms with Crippen LogP contribution in [0.15, 0.2) is 36.5 Å². The summed E-state index contributed by atoms with van der Waals surface area (Å²) in [5.74, 6) is 0.302. The molecular formula is C15H16F3N3O. The van der Waals surface area contributed by atoms with Gasteiger partial charge in [-0.3, -0.25) is 0 Å². The molecule has 118 valence electrons. The lowest BCUT2D eigenvalue weighted by atomic mass is 10.1. The number of anilines is 1. The fourth-order valence-corrected chi connectivity index (χ4v) is 1.75. The minimum Gasteiger partial charge on any atom is -0.394 e. The number of aromatic nitrogens is 2. The van der Waals surface area contributed by atoms with Gasteiger partial charge in [0.15, 0.2) is 0 Å². The third-order valence-electron chi connectivity index (χ3n) is 3.01. The molecule has 2 N–H and O–H groups in total. The Hall–Kier alpha value is -2.15. The van der Waals surface area contributed by atoms with Gasteiger partial charge in [-0.1, -0.05) is 12.1 Å². The topological polar surface area (TPSA) is 58.0 Å². The van der Waals surface area contributed by atoms with Crippen LogP contribution in [-0.4, -0.2) is 27.2 Å². The summed E-state index contributed by atoms with van der Waals surface area (Å²) in [6.45, 7) is 3.45. The van der Waals surface area contributed by atoms with Crippen molar-refractivity contribution < 1.29 is 18.3 Å². The number of aliphatic hydroxyl groups is 1. The normalized spacial score (nSPS) is 12.3. The predicted octanol–water partition coefficient (Wildman–Crippen LogP) is 3.35. The van der Waals surface area contributed by atoms with E-state index in [9.17, 15) is 18.3 Å². The molecule has 0 saturated heterocycles. The lowest BCUT2D eigenvalue weighted by molar-refractivity contribution is -0.137. The van der Waals surface area contributed by atoms with Crippen LogP contribution in [0.1, 0.15) is 19.4 Å². The fraction of sp³-hybridized carbons (Fsp3) is 0.333. The molecule has 0 unspecified atom stereocenters. The Labute approximate surface area is 126 Å². The molecule has 0 radical (unpaired) electrons. The van der Waals surface area contributed by atoms with Gasteiger partial charge in [0.05, 0.1) is 23.4 Å². The van der Waals surface area contributed by atoms with E-state index in [0.717, 1.165) is 12.1 Å². The Morgan fingerprint density at radius 1 is 1.09 bits per heavy atom. The van der Waals surface area contributed by atoms with Crippen LogP contribution < -0.4 is 5.32 Å². The SMILES string of the molecule is CC(C)(CO)Nc1nccc(-c2ccc(C(F)(F)F)cc2)n1. The minimum absolute atomic E-state index is 0.110. The number of rotatable bonds is 4. The second-order valence-electron chi connectivity index (χ2n) is 5.51. The number of halogens is 3. The van der Waals surface area contributed by atoms with Crippen LogP contribution in [0.4, 0.5) is 19.1 Å². The molecule has 1 heterocycles. The average Bonchev–Trinajstić information content (AvgIpc) is 2.46. The molecule has 7 heteroatoms. The van der Waals surface area contributed by atoms with E-state index in [4.69, 9.17) is 0 Å². The zero-order valence-corrected chi connectivity index (χ0v) is 12.1. The lowest BCUT2D eigenvalue weighted by Crippen LogP contribution is -2.35. The van der Waals surface area contributed by atoms with Crippen LogP contribution in [0.2, 0.25) is 0 Å². The van der Waals surface area contributed by atoms with E-state index in [1.165, 1.54) is 18.3 Å². The van der Waals surface area contributed by atoms with Gasteiger partial charge in [-0.05, 0) is 32.0 Å². The first-order valence-corrected chi connectivity index (χ1v) is 6.61. The first-order valence-electron chi connectivity index (χ1n) is 6.61. The number of hydrogen-bond donors (Lipinski definition) is 2. The standard InChI is InChI=1S/C15H16F3N3O/c1-14(2,9-22)21-13-19-8-7-12(20-13)10-3-5-11(6-4-10)15(16,17)18/h3-8,22H,9H2,1-2H3,(H,19,20,21). The van der Waals surface area contributed by atoms with Crippen molar-refractivity contribution in [1.82, 2.24) is 9.97 Å². The molecule has 4 nitrogen and oxygen atoms in total. The van der Waals surface area contributed by atoms with Crippen molar-refractivity contribution in [2.45, 2.75) is 25.6 Å². The Morgan fingerprint density at radius 3 is 2.27 bits per heavy atom. The first-order chi connectivity index (χ1) is 10.2. The molecule has 2 aromatic rings. The molecule has 22 heavy (non-hydrogen) atoms. The van der Waals surface area contributed by atoms with Crippen molar-refractivity contribution >= 4 is 5.95 Å². The van der Waals surface area contributed by atoms with E-state index in [-0.39, 0.29) is 6.61 Å². The number of nitrogens with one attached hydrogen (secondary N) is 1. The van der Waals surface area contributed by atoms with Crippen LogP contribution in [0.25, 0.3) is 11.3 Å². The fourth-order valence-electron chi connectivity index (χ4n) is 1.75. The third kappa shape index (κ3) is 3.94. The number of nitrogens with zero attached hydrogens (tertiary/aromatic N) is 2. The maximum Gasteiger partial charge on any atom is 0.416 e. The average molecular weight is 311 g/mol. The highest BCUT2D eigenvalue weighted by Crippen LogP contribution is 2.30.